The third-order valence-corrected chi connectivity index (χ3v) is 3.18. The van der Waals surface area contributed by atoms with Crippen molar-refractivity contribution in [1.82, 2.24) is 0 Å². The van der Waals surface area contributed by atoms with Crippen LogP contribution in [0.15, 0.2) is 61.4 Å². The number of ether oxygens (including phenoxy) is 1. The highest BCUT2D eigenvalue weighted by molar-refractivity contribution is 6.07. The highest BCUT2D eigenvalue weighted by Gasteiger charge is 2.02. The Morgan fingerprint density at radius 2 is 1.67 bits per heavy atom. The van der Waals surface area contributed by atoms with Crippen molar-refractivity contribution in [1.29, 1.82) is 0 Å². The molecule has 0 bridgehead atoms. The summed E-state index contributed by atoms with van der Waals surface area (Å²) < 4.78 is 5.31. The second-order valence-electron chi connectivity index (χ2n) is 4.46. The third-order valence-electron chi connectivity index (χ3n) is 3.18. The summed E-state index contributed by atoms with van der Waals surface area (Å²) in [6.45, 7) is 5.69. The fourth-order valence-corrected chi connectivity index (χ4v) is 2.32. The van der Waals surface area contributed by atoms with Gasteiger partial charge in [0.2, 0.25) is 0 Å². The van der Waals surface area contributed by atoms with E-state index in [4.69, 9.17) is 4.74 Å². The molecule has 0 saturated heterocycles. The highest BCUT2D eigenvalue weighted by Crippen LogP contribution is 2.29. The molecule has 0 aliphatic rings. The van der Waals surface area contributed by atoms with Gasteiger partial charge in [-0.15, -0.1) is 0 Å². The first-order valence-electron chi connectivity index (χ1n) is 5.98. The fraction of sp³-hybridized carbons (Fsp3) is 0.0588. The summed E-state index contributed by atoms with van der Waals surface area (Å²) in [5.41, 5.74) is 1.28. The van der Waals surface area contributed by atoms with Gasteiger partial charge < -0.3 is 4.74 Å². The maximum Gasteiger partial charge on any atom is 0.127 e. The van der Waals surface area contributed by atoms with Crippen molar-refractivity contribution in [3.8, 4) is 5.75 Å². The van der Waals surface area contributed by atoms with Crippen molar-refractivity contribution in [2.45, 2.75) is 6.92 Å². The molecule has 18 heavy (non-hydrogen) atoms. The van der Waals surface area contributed by atoms with Crippen molar-refractivity contribution in [2.75, 3.05) is 0 Å². The Morgan fingerprint density at radius 1 is 0.889 bits per heavy atom. The molecule has 88 valence electrons. The van der Waals surface area contributed by atoms with E-state index >= 15 is 0 Å². The second-order valence-corrected chi connectivity index (χ2v) is 4.46. The van der Waals surface area contributed by atoms with Crippen LogP contribution in [0, 0.1) is 6.92 Å². The van der Waals surface area contributed by atoms with Crippen LogP contribution in [0.25, 0.3) is 21.5 Å². The molecule has 0 N–H and O–H groups in total. The number of benzene rings is 3. The van der Waals surface area contributed by atoms with Crippen molar-refractivity contribution in [3.63, 3.8) is 0 Å². The van der Waals surface area contributed by atoms with Crippen molar-refractivity contribution >= 4 is 21.5 Å². The smallest absolute Gasteiger partial charge is 0.127 e. The number of hydrogen-bond acceptors (Lipinski definition) is 1. The predicted octanol–water partition coefficient (Wildman–Crippen LogP) is 4.82. The molecule has 0 spiro atoms. The van der Waals surface area contributed by atoms with Crippen LogP contribution in [-0.4, -0.2) is 0 Å². The molecule has 0 atom stereocenters. The van der Waals surface area contributed by atoms with Gasteiger partial charge in [-0.2, -0.15) is 0 Å². The number of hydrogen-bond donors (Lipinski definition) is 0. The lowest BCUT2D eigenvalue weighted by Gasteiger charge is -2.07. The monoisotopic (exact) mass is 234 g/mol. The maximum absolute atomic E-state index is 5.31. The Bertz CT molecular complexity index is 741. The highest BCUT2D eigenvalue weighted by atomic mass is 16.5. The van der Waals surface area contributed by atoms with Gasteiger partial charge in [0, 0.05) is 0 Å². The van der Waals surface area contributed by atoms with E-state index in [1.165, 1.54) is 33.4 Å². The van der Waals surface area contributed by atoms with E-state index in [9.17, 15) is 0 Å². The minimum Gasteiger partial charge on any atom is -0.466 e. The molecule has 1 nitrogen and oxygen atoms in total. The zero-order valence-corrected chi connectivity index (χ0v) is 10.3. The molecular weight excluding hydrogens is 220 g/mol. The molecular formula is C17H14O. The summed E-state index contributed by atoms with van der Waals surface area (Å²) in [4.78, 5) is 0. The van der Waals surface area contributed by atoms with Crippen LogP contribution in [0.5, 0.6) is 5.75 Å². The summed E-state index contributed by atoms with van der Waals surface area (Å²) in [7, 11) is 0. The number of aryl methyl sites for hydroxylation is 1. The minimum absolute atomic E-state index is 0.824. The molecule has 0 heterocycles. The van der Waals surface area contributed by atoms with Crippen LogP contribution >= 0.6 is 0 Å². The maximum atomic E-state index is 5.31. The summed E-state index contributed by atoms with van der Waals surface area (Å²) in [5, 5.41) is 5.00. The minimum atomic E-state index is 0.824. The van der Waals surface area contributed by atoms with Gasteiger partial charge in [-0.25, -0.2) is 0 Å². The number of rotatable bonds is 2. The normalized spacial score (nSPS) is 10.7. The van der Waals surface area contributed by atoms with Gasteiger partial charge >= 0.3 is 0 Å². The molecule has 3 aromatic carbocycles. The lowest BCUT2D eigenvalue weighted by Crippen LogP contribution is -1.83. The van der Waals surface area contributed by atoms with Crippen LogP contribution in [0.1, 0.15) is 5.56 Å². The first-order valence-corrected chi connectivity index (χ1v) is 5.98. The van der Waals surface area contributed by atoms with Crippen LogP contribution < -0.4 is 4.74 Å². The van der Waals surface area contributed by atoms with Crippen molar-refractivity contribution in [3.05, 3.63) is 66.9 Å². The molecule has 3 rings (SSSR count). The van der Waals surface area contributed by atoms with Crippen molar-refractivity contribution < 1.29 is 4.74 Å². The summed E-state index contributed by atoms with van der Waals surface area (Å²) in [6, 6.07) is 16.9. The van der Waals surface area contributed by atoms with E-state index in [1.807, 2.05) is 12.1 Å². The molecule has 1 heteroatoms. The Labute approximate surface area is 106 Å². The molecule has 3 aromatic rings. The van der Waals surface area contributed by atoms with Gasteiger partial charge in [-0.05, 0) is 40.6 Å². The molecule has 0 unspecified atom stereocenters. The lowest BCUT2D eigenvalue weighted by molar-refractivity contribution is 0.484. The third kappa shape index (κ3) is 1.74. The molecule has 0 aromatic heterocycles. The molecule has 0 aliphatic heterocycles. The topological polar surface area (TPSA) is 9.23 Å². The second kappa shape index (κ2) is 4.19. The van der Waals surface area contributed by atoms with Crippen LogP contribution in [0.2, 0.25) is 0 Å². The largest absolute Gasteiger partial charge is 0.466 e. The quantitative estimate of drug-likeness (QED) is 0.456. The van der Waals surface area contributed by atoms with Gasteiger partial charge in [-0.1, -0.05) is 48.5 Å². The van der Waals surface area contributed by atoms with Gasteiger partial charge in [0.25, 0.3) is 0 Å². The van der Waals surface area contributed by atoms with Gasteiger partial charge in [0.05, 0.1) is 6.26 Å². The Balaban J connectivity index is 2.33. The average molecular weight is 234 g/mol. The first-order chi connectivity index (χ1) is 8.78. The van der Waals surface area contributed by atoms with E-state index in [1.54, 1.807) is 0 Å². The summed E-state index contributed by atoms with van der Waals surface area (Å²) in [5.74, 6) is 0.824. The van der Waals surface area contributed by atoms with Crippen LogP contribution in [-0.2, 0) is 0 Å². The van der Waals surface area contributed by atoms with E-state index in [-0.39, 0.29) is 0 Å². The molecule has 0 saturated carbocycles. The van der Waals surface area contributed by atoms with E-state index in [0.717, 1.165) is 5.75 Å². The van der Waals surface area contributed by atoms with E-state index in [2.05, 4.69) is 49.9 Å². The zero-order chi connectivity index (χ0) is 12.5. The summed E-state index contributed by atoms with van der Waals surface area (Å²) >= 11 is 0. The van der Waals surface area contributed by atoms with E-state index < -0.39 is 0 Å². The molecule has 0 aliphatic carbocycles. The van der Waals surface area contributed by atoms with E-state index in [0.29, 0.717) is 0 Å². The Hall–Kier alpha value is -2.28. The van der Waals surface area contributed by atoms with Gasteiger partial charge in [-0.3, -0.25) is 0 Å². The molecule has 0 amide bonds. The molecule has 0 radical (unpaired) electrons. The van der Waals surface area contributed by atoms with Gasteiger partial charge in [0.1, 0.15) is 5.75 Å². The Kier molecular flexibility index (Phi) is 2.52. The zero-order valence-electron chi connectivity index (χ0n) is 10.3. The average Bonchev–Trinajstić information content (AvgIpc) is 2.38. The summed E-state index contributed by atoms with van der Waals surface area (Å²) in [6.07, 6.45) is 1.45. The SMILES string of the molecule is C=COc1ccc2c(ccc3ccc(C)cc32)c1. The molecule has 0 fully saturated rings. The van der Waals surface area contributed by atoms with Crippen LogP contribution in [0.4, 0.5) is 0 Å². The number of fused-ring (bicyclic) bond motifs is 3. The van der Waals surface area contributed by atoms with Crippen LogP contribution in [0.3, 0.4) is 0 Å². The fourth-order valence-electron chi connectivity index (χ4n) is 2.32. The standard InChI is InChI=1S/C17H14O/c1-3-18-15-8-9-16-14(11-15)7-6-13-5-4-12(2)10-17(13)16/h3-11H,1H2,2H3. The van der Waals surface area contributed by atoms with Gasteiger partial charge in [0.15, 0.2) is 0 Å². The Morgan fingerprint density at radius 3 is 2.50 bits per heavy atom. The predicted molar refractivity (Wildman–Crippen MR) is 77.0 cm³/mol. The lowest BCUT2D eigenvalue weighted by atomic mass is 10.0. The first kappa shape index (κ1) is 10.8. The van der Waals surface area contributed by atoms with Crippen molar-refractivity contribution in [2.24, 2.45) is 0 Å².